The Morgan fingerprint density at radius 2 is 2.12 bits per heavy atom. The second kappa shape index (κ2) is 6.68. The van der Waals surface area contributed by atoms with Gasteiger partial charge in [0.05, 0.1) is 12.1 Å². The van der Waals surface area contributed by atoms with Gasteiger partial charge in [0, 0.05) is 18.8 Å². The van der Waals surface area contributed by atoms with E-state index in [2.05, 4.69) is 20.4 Å². The third kappa shape index (κ3) is 3.17. The molecule has 2 atom stereocenters. The number of aromatic amines is 1. The topological polar surface area (TPSA) is 61.0 Å². The number of amides is 1. The first kappa shape index (κ1) is 16.6. The van der Waals surface area contributed by atoms with Crippen molar-refractivity contribution in [2.24, 2.45) is 0 Å². The minimum absolute atomic E-state index is 0.187. The van der Waals surface area contributed by atoms with Gasteiger partial charge < -0.3 is 5.32 Å². The summed E-state index contributed by atoms with van der Waals surface area (Å²) >= 11 is 0. The van der Waals surface area contributed by atoms with Gasteiger partial charge in [0.15, 0.2) is 11.6 Å². The van der Waals surface area contributed by atoms with Crippen LogP contribution in [0.1, 0.15) is 42.4 Å². The molecule has 5 nitrogen and oxygen atoms in total. The number of halogens is 2. The third-order valence-corrected chi connectivity index (χ3v) is 4.45. The third-order valence-electron chi connectivity index (χ3n) is 4.45. The van der Waals surface area contributed by atoms with Crippen molar-refractivity contribution < 1.29 is 13.6 Å². The van der Waals surface area contributed by atoms with Crippen LogP contribution in [0.4, 0.5) is 8.78 Å². The smallest absolute Gasteiger partial charge is 0.269 e. The van der Waals surface area contributed by atoms with Crippen molar-refractivity contribution in [3.8, 4) is 0 Å². The summed E-state index contributed by atoms with van der Waals surface area (Å²) in [6.07, 6.45) is 2.25. The van der Waals surface area contributed by atoms with Gasteiger partial charge in [0.2, 0.25) is 0 Å². The first-order valence-electron chi connectivity index (χ1n) is 7.98. The first-order valence-corrected chi connectivity index (χ1v) is 7.98. The van der Waals surface area contributed by atoms with Crippen molar-refractivity contribution in [1.29, 1.82) is 0 Å². The minimum atomic E-state index is -0.873. The van der Waals surface area contributed by atoms with Crippen LogP contribution >= 0.6 is 0 Å². The summed E-state index contributed by atoms with van der Waals surface area (Å²) < 4.78 is 26.9. The Labute approximate surface area is 139 Å². The molecule has 2 N–H and O–H groups in total. The molecule has 1 fully saturated rings. The highest BCUT2D eigenvalue weighted by atomic mass is 19.2. The zero-order chi connectivity index (χ0) is 17.3. The molecule has 24 heavy (non-hydrogen) atoms. The molecule has 0 unspecified atom stereocenters. The number of nitrogens with one attached hydrogen (secondary N) is 2. The lowest BCUT2D eigenvalue weighted by Gasteiger charge is -2.32. The van der Waals surface area contributed by atoms with Crippen molar-refractivity contribution in [1.82, 2.24) is 20.4 Å². The fraction of sp³-hybridized carbons (Fsp3) is 0.412. The zero-order valence-electron chi connectivity index (χ0n) is 13.6. The van der Waals surface area contributed by atoms with Crippen LogP contribution in [0.5, 0.6) is 0 Å². The van der Waals surface area contributed by atoms with Gasteiger partial charge in [-0.2, -0.15) is 5.10 Å². The van der Waals surface area contributed by atoms with E-state index in [0.29, 0.717) is 11.3 Å². The molecule has 7 heteroatoms. The molecular formula is C17H20F2N4O. The van der Waals surface area contributed by atoms with Gasteiger partial charge in [-0.15, -0.1) is 0 Å². The lowest BCUT2D eigenvalue weighted by Crippen LogP contribution is -2.41. The number of nitrogens with zero attached hydrogens (tertiary/aromatic N) is 2. The summed E-state index contributed by atoms with van der Waals surface area (Å²) in [6.45, 7) is 4.87. The van der Waals surface area contributed by atoms with E-state index in [9.17, 15) is 13.6 Å². The molecule has 2 aromatic rings. The number of carbonyl (C=O) groups excluding carboxylic acids is 1. The molecule has 1 saturated heterocycles. The summed E-state index contributed by atoms with van der Waals surface area (Å²) in [6, 6.07) is 5.36. The van der Waals surface area contributed by atoms with Gasteiger partial charge in [-0.1, -0.05) is 6.07 Å². The Balaban J connectivity index is 1.87. The Hall–Kier alpha value is -2.28. The predicted octanol–water partition coefficient (Wildman–Crippen LogP) is 2.64. The van der Waals surface area contributed by atoms with E-state index in [1.165, 1.54) is 12.3 Å². The van der Waals surface area contributed by atoms with E-state index < -0.39 is 11.6 Å². The summed E-state index contributed by atoms with van der Waals surface area (Å²) in [5, 5.41) is 9.38. The largest absolute Gasteiger partial charge is 0.346 e. The number of carbonyl (C=O) groups is 1. The summed E-state index contributed by atoms with van der Waals surface area (Å²) in [7, 11) is 0. The monoisotopic (exact) mass is 334 g/mol. The fourth-order valence-electron chi connectivity index (χ4n) is 3.30. The number of H-pyrrole nitrogens is 1. The second-order valence-electron chi connectivity index (χ2n) is 6.29. The van der Waals surface area contributed by atoms with Crippen LogP contribution in [-0.2, 0) is 0 Å². The van der Waals surface area contributed by atoms with Crippen molar-refractivity contribution >= 4 is 5.91 Å². The lowest BCUT2D eigenvalue weighted by molar-refractivity contribution is 0.0914. The van der Waals surface area contributed by atoms with E-state index >= 15 is 0 Å². The van der Waals surface area contributed by atoms with Gasteiger partial charge >= 0.3 is 0 Å². The molecule has 128 valence electrons. The van der Waals surface area contributed by atoms with Crippen LogP contribution in [0.15, 0.2) is 30.5 Å². The predicted molar refractivity (Wildman–Crippen MR) is 85.4 cm³/mol. The maximum atomic E-state index is 13.7. The van der Waals surface area contributed by atoms with Crippen LogP contribution in [-0.4, -0.2) is 39.6 Å². The van der Waals surface area contributed by atoms with Crippen molar-refractivity contribution in [2.45, 2.75) is 38.4 Å². The number of benzene rings is 1. The molecule has 0 saturated carbocycles. The average Bonchev–Trinajstić information content (AvgIpc) is 3.19. The summed E-state index contributed by atoms with van der Waals surface area (Å²) in [5.74, 6) is -2.00. The summed E-state index contributed by atoms with van der Waals surface area (Å²) in [5.41, 5.74) is 1.04. The fourth-order valence-corrected chi connectivity index (χ4v) is 3.30. The van der Waals surface area contributed by atoms with Crippen molar-refractivity contribution in [3.05, 3.63) is 53.4 Å². The molecule has 3 rings (SSSR count). The maximum Gasteiger partial charge on any atom is 0.269 e. The molecule has 0 aliphatic carbocycles. The molecule has 1 amide bonds. The highest BCUT2D eigenvalue weighted by molar-refractivity contribution is 5.92. The summed E-state index contributed by atoms with van der Waals surface area (Å²) in [4.78, 5) is 14.5. The van der Waals surface area contributed by atoms with Gasteiger partial charge in [-0.05, 0) is 44.0 Å². The van der Waals surface area contributed by atoms with E-state index in [4.69, 9.17) is 0 Å². The normalized spacial score (nSPS) is 21.4. The molecule has 1 aliphatic rings. The van der Waals surface area contributed by atoms with Gasteiger partial charge in [-0.3, -0.25) is 14.8 Å². The van der Waals surface area contributed by atoms with Crippen molar-refractivity contribution in [3.63, 3.8) is 0 Å². The Kier molecular flexibility index (Phi) is 4.62. The molecular weight excluding hydrogens is 314 g/mol. The van der Waals surface area contributed by atoms with Crippen LogP contribution in [0.25, 0.3) is 0 Å². The highest BCUT2D eigenvalue weighted by Gasteiger charge is 2.38. The average molecular weight is 334 g/mol. The molecule has 2 heterocycles. The molecule has 1 aromatic heterocycles. The van der Waals surface area contributed by atoms with Crippen LogP contribution < -0.4 is 5.32 Å². The highest BCUT2D eigenvalue weighted by Crippen LogP contribution is 2.34. The number of aromatic nitrogens is 2. The van der Waals surface area contributed by atoms with Crippen molar-refractivity contribution in [2.75, 3.05) is 6.54 Å². The number of hydrogen-bond donors (Lipinski definition) is 2. The van der Waals surface area contributed by atoms with Crippen LogP contribution in [0, 0.1) is 11.6 Å². The SMILES string of the molecule is CC(C)N1CC[C@@H](NC(=O)c2ccn[nH]2)[C@H]1c1ccc(F)c(F)c1. The Morgan fingerprint density at radius 3 is 2.75 bits per heavy atom. The van der Waals surface area contributed by atoms with Gasteiger partial charge in [-0.25, -0.2) is 8.78 Å². The number of likely N-dealkylation sites (tertiary alicyclic amines) is 1. The van der Waals surface area contributed by atoms with E-state index in [0.717, 1.165) is 19.0 Å². The molecule has 0 spiro atoms. The first-order chi connectivity index (χ1) is 11.5. The standard InChI is InChI=1S/C17H20F2N4O/c1-10(2)23-8-6-14(21-17(24)15-5-7-20-22-15)16(23)11-3-4-12(18)13(19)9-11/h3-5,7,9-10,14,16H,6,8H2,1-2H3,(H,20,22)(H,21,24)/t14-,16-/m1/s1. The second-order valence-corrected chi connectivity index (χ2v) is 6.29. The zero-order valence-corrected chi connectivity index (χ0v) is 13.6. The van der Waals surface area contributed by atoms with E-state index in [1.807, 2.05) is 13.8 Å². The molecule has 1 aromatic carbocycles. The van der Waals surface area contributed by atoms with Gasteiger partial charge in [0.1, 0.15) is 5.69 Å². The van der Waals surface area contributed by atoms with Crippen LogP contribution in [0.2, 0.25) is 0 Å². The van der Waals surface area contributed by atoms with E-state index in [1.54, 1.807) is 12.1 Å². The molecule has 1 aliphatic heterocycles. The van der Waals surface area contributed by atoms with E-state index in [-0.39, 0.29) is 24.0 Å². The molecule has 0 radical (unpaired) electrons. The van der Waals surface area contributed by atoms with Crippen LogP contribution in [0.3, 0.4) is 0 Å². The minimum Gasteiger partial charge on any atom is -0.346 e. The van der Waals surface area contributed by atoms with Gasteiger partial charge in [0.25, 0.3) is 5.91 Å². The number of rotatable bonds is 4. The quantitative estimate of drug-likeness (QED) is 0.904. The lowest BCUT2D eigenvalue weighted by atomic mass is 9.99. The number of hydrogen-bond acceptors (Lipinski definition) is 3. The maximum absolute atomic E-state index is 13.7. The molecule has 0 bridgehead atoms. The Morgan fingerprint density at radius 1 is 1.33 bits per heavy atom. The Bertz CT molecular complexity index is 717.